The molecule has 0 fully saturated rings. The van der Waals surface area contributed by atoms with Crippen LogP contribution in [0.1, 0.15) is 11.1 Å². The Labute approximate surface area is 431 Å². The van der Waals surface area contributed by atoms with Crippen LogP contribution in [0.4, 0.5) is 0 Å². The van der Waals surface area contributed by atoms with E-state index in [1.807, 2.05) is 48.5 Å². The van der Waals surface area contributed by atoms with Gasteiger partial charge in [-0.3, -0.25) is 0 Å². The van der Waals surface area contributed by atoms with Crippen molar-refractivity contribution >= 4 is 131 Å². The largest absolute Gasteiger partial charge is 0.454 e. The first kappa shape index (κ1) is 40.8. The Balaban J connectivity index is 1.22. The first-order valence-corrected chi connectivity index (χ1v) is 25.4. The minimum absolute atomic E-state index is 0.307. The van der Waals surface area contributed by atoms with Gasteiger partial charge in [-0.2, -0.15) is 10.5 Å². The van der Waals surface area contributed by atoms with Crippen LogP contribution in [0.2, 0.25) is 0 Å². The van der Waals surface area contributed by atoms with Crippen LogP contribution in [0.25, 0.3) is 154 Å². The molecule has 17 aromatic rings. The van der Waals surface area contributed by atoms with Crippen molar-refractivity contribution < 1.29 is 8.83 Å². The third-order valence-corrected chi connectivity index (χ3v) is 16.0. The SMILES string of the molecule is N#Cc1c(-n2c3ccccc3c3ccccc32)c(-n2c3ccccc3c3ccc4c5ccccc5oc4c32)c(-n2c3ccccc3c3ccccc32)c(C#N)c1-n1c2ccccc2c2ccc3c4ccccc4oc3c21. The molecule has 350 valence electrons. The first-order chi connectivity index (χ1) is 37.7. The fourth-order valence-electron chi connectivity index (χ4n) is 13.0. The first-order valence-electron chi connectivity index (χ1n) is 25.4. The van der Waals surface area contributed by atoms with Gasteiger partial charge < -0.3 is 27.1 Å². The fraction of sp³-hybridized carbons (Fsp3) is 0. The summed E-state index contributed by atoms with van der Waals surface area (Å²) in [6.07, 6.45) is 0. The molecule has 8 heteroatoms. The summed E-state index contributed by atoms with van der Waals surface area (Å²) >= 11 is 0. The predicted octanol–water partition coefficient (Wildman–Crippen LogP) is 17.6. The number of nitriles is 2. The second kappa shape index (κ2) is 14.9. The molecule has 0 N–H and O–H groups in total. The highest BCUT2D eigenvalue weighted by molar-refractivity contribution is 6.24. The minimum Gasteiger partial charge on any atom is -0.454 e. The minimum atomic E-state index is 0.307. The molecule has 0 aliphatic heterocycles. The lowest BCUT2D eigenvalue weighted by atomic mass is 9.98. The summed E-state index contributed by atoms with van der Waals surface area (Å²) in [6, 6.07) is 81.1. The van der Waals surface area contributed by atoms with Crippen LogP contribution < -0.4 is 0 Å². The normalized spacial score (nSPS) is 12.2. The van der Waals surface area contributed by atoms with Gasteiger partial charge in [0.2, 0.25) is 0 Å². The Kier molecular flexibility index (Phi) is 7.99. The molecule has 0 atom stereocenters. The summed E-state index contributed by atoms with van der Waals surface area (Å²) in [5.74, 6) is 0. The van der Waals surface area contributed by atoms with E-state index in [9.17, 15) is 10.5 Å². The molecule has 8 nitrogen and oxygen atoms in total. The molecule has 6 aromatic heterocycles. The summed E-state index contributed by atoms with van der Waals surface area (Å²) < 4.78 is 23.0. The molecule has 0 bridgehead atoms. The number of nitrogens with zero attached hydrogens (tertiary/aromatic N) is 6. The van der Waals surface area contributed by atoms with E-state index in [4.69, 9.17) is 8.83 Å². The molecule has 17 rings (SSSR count). The van der Waals surface area contributed by atoms with Gasteiger partial charge in [0.05, 0.1) is 66.9 Å². The summed E-state index contributed by atoms with van der Waals surface area (Å²) in [7, 11) is 0. The Morgan fingerprint density at radius 2 is 0.526 bits per heavy atom. The Hall–Kier alpha value is -10.8. The maximum absolute atomic E-state index is 12.7. The molecule has 6 heterocycles. The van der Waals surface area contributed by atoms with Crippen molar-refractivity contribution in [3.63, 3.8) is 0 Å². The molecule has 0 amide bonds. The van der Waals surface area contributed by atoms with Gasteiger partial charge in [0.1, 0.15) is 34.4 Å². The van der Waals surface area contributed by atoms with Crippen LogP contribution in [0, 0.1) is 22.7 Å². The number of furan rings is 2. The van der Waals surface area contributed by atoms with Crippen LogP contribution in [0.3, 0.4) is 0 Å². The van der Waals surface area contributed by atoms with Crippen molar-refractivity contribution in [2.75, 3.05) is 0 Å². The van der Waals surface area contributed by atoms with E-state index in [0.29, 0.717) is 45.0 Å². The number of fused-ring (bicyclic) bond motifs is 20. The van der Waals surface area contributed by atoms with E-state index in [-0.39, 0.29) is 0 Å². The van der Waals surface area contributed by atoms with Gasteiger partial charge >= 0.3 is 0 Å². The summed E-state index contributed by atoms with van der Waals surface area (Å²) in [4.78, 5) is 0. The quantitative estimate of drug-likeness (QED) is 0.176. The molecule has 0 radical (unpaired) electrons. The monoisotopic (exact) mass is 968 g/mol. The van der Waals surface area contributed by atoms with Gasteiger partial charge in [-0.15, -0.1) is 0 Å². The number of hydrogen-bond donors (Lipinski definition) is 0. The van der Waals surface area contributed by atoms with Crippen molar-refractivity contribution in [2.45, 2.75) is 0 Å². The zero-order chi connectivity index (χ0) is 49.9. The highest BCUT2D eigenvalue weighted by atomic mass is 16.3. The Morgan fingerprint density at radius 3 is 0.882 bits per heavy atom. The van der Waals surface area contributed by atoms with E-state index in [1.165, 1.54) is 0 Å². The lowest BCUT2D eigenvalue weighted by Crippen LogP contribution is -2.17. The molecular formula is C68H36N6O2. The molecule has 0 saturated heterocycles. The summed E-state index contributed by atoms with van der Waals surface area (Å²) in [5.41, 5.74) is 12.7. The van der Waals surface area contributed by atoms with Gasteiger partial charge in [-0.1, -0.05) is 158 Å². The molecule has 76 heavy (non-hydrogen) atoms. The lowest BCUT2D eigenvalue weighted by molar-refractivity contribution is 0.670. The molecule has 0 unspecified atom stereocenters. The van der Waals surface area contributed by atoms with Crippen LogP contribution in [0.5, 0.6) is 0 Å². The van der Waals surface area contributed by atoms with E-state index in [2.05, 4.69) is 200 Å². The third-order valence-electron chi connectivity index (χ3n) is 16.0. The summed E-state index contributed by atoms with van der Waals surface area (Å²) in [6.45, 7) is 0. The molecule has 0 aliphatic carbocycles. The van der Waals surface area contributed by atoms with E-state index in [1.54, 1.807) is 0 Å². The number of aromatic nitrogens is 4. The number of para-hydroxylation sites is 8. The van der Waals surface area contributed by atoms with E-state index >= 15 is 0 Å². The van der Waals surface area contributed by atoms with Gasteiger partial charge in [-0.25, -0.2) is 0 Å². The van der Waals surface area contributed by atoms with Crippen molar-refractivity contribution in [3.05, 3.63) is 230 Å². The van der Waals surface area contributed by atoms with Crippen molar-refractivity contribution in [3.8, 4) is 34.9 Å². The molecule has 0 saturated carbocycles. The fourth-order valence-corrected chi connectivity index (χ4v) is 13.0. The van der Waals surface area contributed by atoms with E-state index < -0.39 is 0 Å². The lowest BCUT2D eigenvalue weighted by Gasteiger charge is -2.27. The highest BCUT2D eigenvalue weighted by Crippen LogP contribution is 2.51. The molecular weight excluding hydrogens is 933 g/mol. The van der Waals surface area contributed by atoms with Gasteiger partial charge in [-0.05, 0) is 60.7 Å². The Morgan fingerprint density at radius 1 is 0.250 bits per heavy atom. The smallest absolute Gasteiger partial charge is 0.160 e. The number of hydrogen-bond acceptors (Lipinski definition) is 4. The number of benzene rings is 11. The highest BCUT2D eigenvalue weighted by Gasteiger charge is 2.36. The second-order valence-electron chi connectivity index (χ2n) is 19.7. The topological polar surface area (TPSA) is 93.6 Å². The van der Waals surface area contributed by atoms with Crippen LogP contribution in [0.15, 0.2) is 227 Å². The standard InChI is InChI=1S/C68H36N6O2/c69-37-51-61(73-57-29-13-5-21-43(57)47-33-35-49-45-23-7-15-31-59(45)75-67(49)64(47)73)52(38-70)63(72-55-27-11-3-19-41(55)42-20-4-12-28-56(42)72)66(62(51)71-53-25-9-1-17-39(53)40-18-2-10-26-54(40)71)74-58-30-14-6-22-44(58)48-34-36-50-46-24-8-16-32-60(46)76-68(50)65(48)74/h1-36H. The van der Waals surface area contributed by atoms with Crippen LogP contribution in [-0.4, -0.2) is 18.3 Å². The molecule has 0 spiro atoms. The maximum Gasteiger partial charge on any atom is 0.160 e. The Bertz CT molecular complexity index is 5260. The average Bonchev–Trinajstić information content (AvgIpc) is 4.35. The van der Waals surface area contributed by atoms with Gasteiger partial charge in [0, 0.05) is 64.6 Å². The average molecular weight is 969 g/mol. The van der Waals surface area contributed by atoms with Crippen LogP contribution >= 0.6 is 0 Å². The third kappa shape index (κ3) is 5.09. The van der Waals surface area contributed by atoms with Crippen molar-refractivity contribution in [2.24, 2.45) is 0 Å². The van der Waals surface area contributed by atoms with Crippen molar-refractivity contribution in [1.29, 1.82) is 10.5 Å². The zero-order valence-corrected chi connectivity index (χ0v) is 40.3. The van der Waals surface area contributed by atoms with Gasteiger partial charge in [0.25, 0.3) is 0 Å². The maximum atomic E-state index is 12.7. The number of rotatable bonds is 4. The molecule has 0 aliphatic rings. The van der Waals surface area contributed by atoms with Crippen molar-refractivity contribution in [1.82, 2.24) is 18.3 Å². The van der Waals surface area contributed by atoms with E-state index in [0.717, 1.165) is 120 Å². The summed E-state index contributed by atoms with van der Waals surface area (Å²) in [5, 5.41) is 37.2. The second-order valence-corrected chi connectivity index (χ2v) is 19.7. The van der Waals surface area contributed by atoms with Crippen LogP contribution in [-0.2, 0) is 0 Å². The zero-order valence-electron chi connectivity index (χ0n) is 40.3. The predicted molar refractivity (Wildman–Crippen MR) is 308 cm³/mol. The van der Waals surface area contributed by atoms with Gasteiger partial charge in [0.15, 0.2) is 11.2 Å². The molecule has 11 aromatic carbocycles.